The summed E-state index contributed by atoms with van der Waals surface area (Å²) in [5, 5.41) is 3.67. The summed E-state index contributed by atoms with van der Waals surface area (Å²) in [6.07, 6.45) is 0. The Balaban J connectivity index is 2.53. The fraction of sp³-hybridized carbons (Fsp3) is 0.308. The maximum atomic E-state index is 5.55. The van der Waals surface area contributed by atoms with Gasteiger partial charge in [-0.3, -0.25) is 0 Å². The molecule has 0 radical (unpaired) electrons. The highest BCUT2D eigenvalue weighted by atomic mass is 16.5. The second kappa shape index (κ2) is 5.62. The zero-order chi connectivity index (χ0) is 13.8. The number of nitrogens with two attached hydrogens (primary N) is 1. The van der Waals surface area contributed by atoms with Crippen LogP contribution in [0.3, 0.4) is 0 Å². The van der Waals surface area contributed by atoms with Gasteiger partial charge in [-0.05, 0) is 12.1 Å². The zero-order valence-corrected chi connectivity index (χ0v) is 11.1. The van der Waals surface area contributed by atoms with Crippen molar-refractivity contribution in [2.45, 2.75) is 6.61 Å². The van der Waals surface area contributed by atoms with Crippen LogP contribution in [0.1, 0.15) is 5.56 Å². The van der Waals surface area contributed by atoms with Crippen LogP contribution >= 0.6 is 0 Å². The Hall–Kier alpha value is -2.21. The van der Waals surface area contributed by atoms with Gasteiger partial charge in [-0.15, -0.1) is 0 Å². The maximum Gasteiger partial charge on any atom is 0.169 e. The van der Waals surface area contributed by atoms with E-state index in [1.54, 1.807) is 33.5 Å². The standard InChI is InChI=1S/C13H16N2O4/c1-16-7-9-4-8(10-6-12(14)15-19-10)5-11(17-2)13(9)18-3/h4-6H,7H2,1-3H3,(H2,14,15). The molecule has 0 atom stereocenters. The number of hydrogen-bond donors (Lipinski definition) is 1. The summed E-state index contributed by atoms with van der Waals surface area (Å²) in [5.41, 5.74) is 7.21. The molecule has 0 amide bonds. The molecule has 0 bridgehead atoms. The average molecular weight is 264 g/mol. The van der Waals surface area contributed by atoms with Crippen molar-refractivity contribution in [3.8, 4) is 22.8 Å². The van der Waals surface area contributed by atoms with Gasteiger partial charge < -0.3 is 24.5 Å². The number of anilines is 1. The first-order chi connectivity index (χ1) is 9.19. The van der Waals surface area contributed by atoms with Crippen LogP contribution in [0.4, 0.5) is 5.82 Å². The van der Waals surface area contributed by atoms with Gasteiger partial charge in [0.15, 0.2) is 23.1 Å². The lowest BCUT2D eigenvalue weighted by Gasteiger charge is -2.13. The van der Waals surface area contributed by atoms with Gasteiger partial charge in [0.2, 0.25) is 0 Å². The van der Waals surface area contributed by atoms with Crippen molar-refractivity contribution in [3.63, 3.8) is 0 Å². The van der Waals surface area contributed by atoms with Crippen LogP contribution in [-0.2, 0) is 11.3 Å². The summed E-state index contributed by atoms with van der Waals surface area (Å²) in [6, 6.07) is 5.35. The third-order valence-electron chi connectivity index (χ3n) is 2.67. The first-order valence-corrected chi connectivity index (χ1v) is 5.66. The van der Waals surface area contributed by atoms with E-state index in [-0.39, 0.29) is 0 Å². The highest BCUT2D eigenvalue weighted by molar-refractivity contribution is 5.66. The summed E-state index contributed by atoms with van der Waals surface area (Å²) in [4.78, 5) is 0. The third kappa shape index (κ3) is 2.63. The maximum absolute atomic E-state index is 5.55. The second-order valence-corrected chi connectivity index (χ2v) is 3.92. The molecule has 1 aromatic heterocycles. The van der Waals surface area contributed by atoms with Crippen LogP contribution < -0.4 is 15.2 Å². The minimum absolute atomic E-state index is 0.332. The molecule has 2 N–H and O–H groups in total. The molecule has 6 nitrogen and oxygen atoms in total. The number of benzene rings is 1. The first kappa shape index (κ1) is 13.2. The summed E-state index contributed by atoms with van der Waals surface area (Å²) < 4.78 is 21.0. The van der Waals surface area contributed by atoms with Gasteiger partial charge >= 0.3 is 0 Å². The molecule has 19 heavy (non-hydrogen) atoms. The number of hydrogen-bond acceptors (Lipinski definition) is 6. The van der Waals surface area contributed by atoms with Gasteiger partial charge in [0.05, 0.1) is 20.8 Å². The van der Waals surface area contributed by atoms with E-state index in [0.717, 1.165) is 11.1 Å². The monoisotopic (exact) mass is 264 g/mol. The Morgan fingerprint density at radius 3 is 2.47 bits per heavy atom. The molecule has 0 saturated heterocycles. The molecule has 0 spiro atoms. The fourth-order valence-corrected chi connectivity index (χ4v) is 1.87. The number of rotatable bonds is 5. The van der Waals surface area contributed by atoms with Gasteiger partial charge in [0.25, 0.3) is 0 Å². The molecule has 2 rings (SSSR count). The van der Waals surface area contributed by atoms with Gasteiger partial charge in [-0.25, -0.2) is 0 Å². The highest BCUT2D eigenvalue weighted by Gasteiger charge is 2.15. The SMILES string of the molecule is COCc1cc(-c2cc(N)no2)cc(OC)c1OC. The zero-order valence-electron chi connectivity index (χ0n) is 11.1. The average Bonchev–Trinajstić information content (AvgIpc) is 2.85. The van der Waals surface area contributed by atoms with E-state index in [1.165, 1.54) is 0 Å². The van der Waals surface area contributed by atoms with Gasteiger partial charge in [0, 0.05) is 24.3 Å². The van der Waals surface area contributed by atoms with Crippen molar-refractivity contribution in [2.75, 3.05) is 27.1 Å². The van der Waals surface area contributed by atoms with Crippen molar-refractivity contribution in [2.24, 2.45) is 0 Å². The van der Waals surface area contributed by atoms with Crippen LogP contribution in [0.15, 0.2) is 22.7 Å². The number of nitrogens with zero attached hydrogens (tertiary/aromatic N) is 1. The lowest BCUT2D eigenvalue weighted by Crippen LogP contribution is -1.98. The number of nitrogen functional groups attached to an aromatic ring is 1. The molecule has 2 aromatic rings. The molecule has 1 heterocycles. The predicted octanol–water partition coefficient (Wildman–Crippen LogP) is 2.09. The molecular formula is C13H16N2O4. The molecule has 1 aromatic carbocycles. The van der Waals surface area contributed by atoms with Crippen molar-refractivity contribution in [3.05, 3.63) is 23.8 Å². The van der Waals surface area contributed by atoms with Crippen LogP contribution in [0.5, 0.6) is 11.5 Å². The fourth-order valence-electron chi connectivity index (χ4n) is 1.87. The lowest BCUT2D eigenvalue weighted by atomic mass is 10.1. The Bertz CT molecular complexity index is 566. The van der Waals surface area contributed by atoms with Crippen molar-refractivity contribution >= 4 is 5.82 Å². The molecule has 102 valence electrons. The molecule has 0 saturated carbocycles. The smallest absolute Gasteiger partial charge is 0.169 e. The second-order valence-electron chi connectivity index (χ2n) is 3.92. The largest absolute Gasteiger partial charge is 0.493 e. The summed E-state index contributed by atoms with van der Waals surface area (Å²) in [6.45, 7) is 0.400. The van der Waals surface area contributed by atoms with Gasteiger partial charge in [-0.1, -0.05) is 5.16 Å². The third-order valence-corrected chi connectivity index (χ3v) is 2.67. The Morgan fingerprint density at radius 1 is 1.16 bits per heavy atom. The van der Waals surface area contributed by atoms with Crippen molar-refractivity contribution in [1.82, 2.24) is 5.16 Å². The Kier molecular flexibility index (Phi) is 3.91. The van der Waals surface area contributed by atoms with Crippen molar-refractivity contribution in [1.29, 1.82) is 0 Å². The molecule has 0 unspecified atom stereocenters. The summed E-state index contributed by atoms with van der Waals surface area (Å²) in [5.74, 6) is 2.14. The predicted molar refractivity (Wildman–Crippen MR) is 70.2 cm³/mol. The number of methoxy groups -OCH3 is 3. The van der Waals surface area contributed by atoms with E-state index in [9.17, 15) is 0 Å². The van der Waals surface area contributed by atoms with Gasteiger partial charge in [0.1, 0.15) is 0 Å². The van der Waals surface area contributed by atoms with E-state index in [2.05, 4.69) is 5.16 Å². The quantitative estimate of drug-likeness (QED) is 0.890. The normalized spacial score (nSPS) is 10.5. The number of aromatic nitrogens is 1. The van der Waals surface area contributed by atoms with E-state index in [0.29, 0.717) is 29.7 Å². The van der Waals surface area contributed by atoms with Crippen LogP contribution in [0.25, 0.3) is 11.3 Å². The topological polar surface area (TPSA) is 79.7 Å². The minimum atomic E-state index is 0.332. The molecule has 0 aliphatic carbocycles. The van der Waals surface area contributed by atoms with E-state index < -0.39 is 0 Å². The molecular weight excluding hydrogens is 248 g/mol. The molecule has 0 aliphatic rings. The van der Waals surface area contributed by atoms with Crippen LogP contribution in [0, 0.1) is 0 Å². The van der Waals surface area contributed by atoms with E-state index in [4.69, 9.17) is 24.5 Å². The molecule has 0 aliphatic heterocycles. The summed E-state index contributed by atoms with van der Waals surface area (Å²) >= 11 is 0. The number of ether oxygens (including phenoxy) is 3. The molecule has 6 heteroatoms. The molecule has 0 fully saturated rings. The van der Waals surface area contributed by atoms with Crippen molar-refractivity contribution < 1.29 is 18.7 Å². The van der Waals surface area contributed by atoms with E-state index >= 15 is 0 Å². The van der Waals surface area contributed by atoms with E-state index in [1.807, 2.05) is 6.07 Å². The van der Waals surface area contributed by atoms with Crippen LogP contribution in [-0.4, -0.2) is 26.5 Å². The highest BCUT2D eigenvalue weighted by Crippen LogP contribution is 2.37. The first-order valence-electron chi connectivity index (χ1n) is 5.66. The Labute approximate surface area is 111 Å². The summed E-state index contributed by atoms with van der Waals surface area (Å²) in [7, 11) is 4.78. The van der Waals surface area contributed by atoms with Gasteiger partial charge in [-0.2, -0.15) is 0 Å². The minimum Gasteiger partial charge on any atom is -0.493 e. The van der Waals surface area contributed by atoms with Crippen LogP contribution in [0.2, 0.25) is 0 Å². The Morgan fingerprint density at radius 2 is 1.95 bits per heavy atom. The lowest BCUT2D eigenvalue weighted by molar-refractivity contribution is 0.181.